The van der Waals surface area contributed by atoms with Crippen molar-refractivity contribution in [1.29, 1.82) is 5.26 Å². The van der Waals surface area contributed by atoms with E-state index in [1.165, 1.54) is 30.4 Å². The van der Waals surface area contributed by atoms with Crippen LogP contribution in [0.15, 0.2) is 23.1 Å². The number of aryl methyl sites for hydroxylation is 2. The van der Waals surface area contributed by atoms with Crippen molar-refractivity contribution in [2.24, 2.45) is 5.14 Å². The van der Waals surface area contributed by atoms with Gasteiger partial charge in [0.05, 0.1) is 16.0 Å². The monoisotopic (exact) mass is 461 g/mol. The number of nitrogens with one attached hydrogen (secondary N) is 1. The van der Waals surface area contributed by atoms with Crippen molar-refractivity contribution in [3.8, 4) is 6.07 Å². The summed E-state index contributed by atoms with van der Waals surface area (Å²) in [6, 6.07) is 6.16. The lowest BCUT2D eigenvalue weighted by molar-refractivity contribution is -0.123. The molecule has 0 fully saturated rings. The van der Waals surface area contributed by atoms with Gasteiger partial charge in [0.2, 0.25) is 10.0 Å². The maximum absolute atomic E-state index is 12.6. The van der Waals surface area contributed by atoms with Gasteiger partial charge in [0.1, 0.15) is 11.1 Å². The van der Waals surface area contributed by atoms with Gasteiger partial charge in [-0.05, 0) is 62.8 Å². The summed E-state index contributed by atoms with van der Waals surface area (Å²) < 4.78 is 28.5. The average molecular weight is 462 g/mol. The van der Waals surface area contributed by atoms with E-state index in [0.29, 0.717) is 16.1 Å². The number of hydrogen-bond donors (Lipinski definition) is 2. The minimum absolute atomic E-state index is 0.0326. The van der Waals surface area contributed by atoms with Crippen molar-refractivity contribution in [2.45, 2.75) is 57.0 Å². The molecule has 10 heteroatoms. The average Bonchev–Trinajstić information content (AvgIpc) is 2.86. The Hall–Kier alpha value is -2.74. The summed E-state index contributed by atoms with van der Waals surface area (Å²) >= 11 is 1.39. The Morgan fingerprint density at radius 3 is 2.65 bits per heavy atom. The predicted octanol–water partition coefficient (Wildman–Crippen LogP) is 3.03. The Balaban J connectivity index is 1.73. The number of nitrogens with two attached hydrogens (primary N) is 1. The molecule has 31 heavy (non-hydrogen) atoms. The molecular weight excluding hydrogens is 438 g/mol. The van der Waals surface area contributed by atoms with Crippen molar-refractivity contribution in [2.75, 3.05) is 5.32 Å². The smallest absolute Gasteiger partial charge is 0.338 e. The lowest BCUT2D eigenvalue weighted by atomic mass is 10.1. The minimum Gasteiger partial charge on any atom is -0.449 e. The van der Waals surface area contributed by atoms with Gasteiger partial charge in [-0.2, -0.15) is 5.26 Å². The summed E-state index contributed by atoms with van der Waals surface area (Å²) in [6.07, 6.45) is 3.73. The van der Waals surface area contributed by atoms with Crippen molar-refractivity contribution >= 4 is 38.2 Å². The van der Waals surface area contributed by atoms with E-state index in [1.54, 1.807) is 6.92 Å². The highest BCUT2D eigenvalue weighted by Crippen LogP contribution is 2.37. The normalized spacial score (nSPS) is 14.6. The number of carbonyl (C=O) groups excluding carboxylic acids is 2. The highest BCUT2D eigenvalue weighted by Gasteiger charge is 2.25. The van der Waals surface area contributed by atoms with Crippen LogP contribution in [0.4, 0.5) is 5.00 Å². The van der Waals surface area contributed by atoms with Crippen LogP contribution in [0.2, 0.25) is 0 Å². The largest absolute Gasteiger partial charge is 0.449 e. The first-order valence-corrected chi connectivity index (χ1v) is 12.2. The number of esters is 1. The highest BCUT2D eigenvalue weighted by molar-refractivity contribution is 7.89. The van der Waals surface area contributed by atoms with Crippen molar-refractivity contribution < 1.29 is 22.7 Å². The number of anilines is 1. The quantitative estimate of drug-likeness (QED) is 0.518. The highest BCUT2D eigenvalue weighted by atomic mass is 32.2. The number of amides is 1. The summed E-state index contributed by atoms with van der Waals surface area (Å²) in [7, 11) is -4.00. The fraction of sp³-hybridized carbons (Fsp3) is 0.381. The molecule has 0 saturated carbocycles. The van der Waals surface area contributed by atoms with Crippen LogP contribution in [0, 0.1) is 18.3 Å². The fourth-order valence-corrected chi connectivity index (χ4v) is 5.53. The van der Waals surface area contributed by atoms with E-state index in [-0.39, 0.29) is 10.5 Å². The molecule has 1 unspecified atom stereocenters. The Morgan fingerprint density at radius 1 is 1.26 bits per heavy atom. The van der Waals surface area contributed by atoms with Crippen molar-refractivity contribution in [3.63, 3.8) is 0 Å². The number of nitriles is 1. The van der Waals surface area contributed by atoms with Crippen LogP contribution in [0.5, 0.6) is 0 Å². The number of hydrogen-bond acceptors (Lipinski definition) is 7. The first-order valence-electron chi connectivity index (χ1n) is 9.81. The molecule has 2 aromatic rings. The number of thiophene rings is 1. The van der Waals surface area contributed by atoms with Gasteiger partial charge in [-0.15, -0.1) is 11.3 Å². The molecule has 1 aliphatic rings. The standard InChI is InChI=1S/C21H23N3O5S2/c1-12-8-9-14(10-18(12)31(23,27)28)21(26)29-13(2)19(25)24-20-16(11-22)15-6-4-3-5-7-17(15)30-20/h8-10,13H,3-7H2,1-2H3,(H,24,25)(H2,23,27,28). The minimum atomic E-state index is -4.00. The predicted molar refractivity (Wildman–Crippen MR) is 116 cm³/mol. The van der Waals surface area contributed by atoms with Crippen LogP contribution in [0.25, 0.3) is 0 Å². The molecule has 1 aromatic carbocycles. The number of rotatable bonds is 5. The first-order chi connectivity index (χ1) is 14.6. The zero-order chi connectivity index (χ0) is 22.8. The molecule has 0 saturated heterocycles. The van der Waals surface area contributed by atoms with Crippen LogP contribution >= 0.6 is 11.3 Å². The van der Waals surface area contributed by atoms with Crippen LogP contribution in [-0.4, -0.2) is 26.4 Å². The molecule has 1 aromatic heterocycles. The third kappa shape index (κ3) is 5.12. The van der Waals surface area contributed by atoms with Gasteiger partial charge in [-0.1, -0.05) is 12.5 Å². The van der Waals surface area contributed by atoms with Crippen molar-refractivity contribution in [1.82, 2.24) is 0 Å². The summed E-state index contributed by atoms with van der Waals surface area (Å²) in [6.45, 7) is 2.97. The molecule has 0 bridgehead atoms. The third-order valence-electron chi connectivity index (χ3n) is 5.15. The second-order valence-corrected chi connectivity index (χ2v) is 10.1. The Bertz CT molecular complexity index is 1180. The summed E-state index contributed by atoms with van der Waals surface area (Å²) in [5, 5.41) is 17.9. The number of fused-ring (bicyclic) bond motifs is 1. The lowest BCUT2D eigenvalue weighted by Gasteiger charge is -2.14. The zero-order valence-electron chi connectivity index (χ0n) is 17.2. The number of nitrogens with zero attached hydrogens (tertiary/aromatic N) is 1. The Labute approximate surface area is 185 Å². The molecule has 0 aliphatic heterocycles. The number of ether oxygens (including phenoxy) is 1. The summed E-state index contributed by atoms with van der Waals surface area (Å²) in [4.78, 5) is 26.0. The molecule has 3 rings (SSSR count). The SMILES string of the molecule is Cc1ccc(C(=O)OC(C)C(=O)Nc2sc3c(c2C#N)CCCCC3)cc1S(N)(=O)=O. The van der Waals surface area contributed by atoms with E-state index in [9.17, 15) is 23.3 Å². The van der Waals surface area contributed by atoms with E-state index in [1.807, 2.05) is 0 Å². The number of benzene rings is 1. The van der Waals surface area contributed by atoms with E-state index < -0.39 is 28.0 Å². The van der Waals surface area contributed by atoms with Gasteiger partial charge in [0.25, 0.3) is 5.91 Å². The second-order valence-electron chi connectivity index (χ2n) is 7.44. The third-order valence-corrected chi connectivity index (χ3v) is 7.41. The molecule has 1 heterocycles. The van der Waals surface area contributed by atoms with Gasteiger partial charge >= 0.3 is 5.97 Å². The van der Waals surface area contributed by atoms with Gasteiger partial charge in [0, 0.05) is 4.88 Å². The number of primary sulfonamides is 1. The first kappa shape index (κ1) is 22.9. The van der Waals surface area contributed by atoms with Gasteiger partial charge in [-0.3, -0.25) is 4.79 Å². The lowest BCUT2D eigenvalue weighted by Crippen LogP contribution is -2.30. The fourth-order valence-electron chi connectivity index (χ4n) is 3.48. The summed E-state index contributed by atoms with van der Waals surface area (Å²) in [5.74, 6) is -1.42. The van der Waals surface area contributed by atoms with Gasteiger partial charge in [0.15, 0.2) is 6.10 Å². The summed E-state index contributed by atoms with van der Waals surface area (Å²) in [5.41, 5.74) is 1.84. The Morgan fingerprint density at radius 2 is 1.97 bits per heavy atom. The maximum Gasteiger partial charge on any atom is 0.338 e. The van der Waals surface area contributed by atoms with E-state index in [0.717, 1.165) is 48.6 Å². The van der Waals surface area contributed by atoms with Gasteiger partial charge in [-0.25, -0.2) is 18.4 Å². The van der Waals surface area contributed by atoms with Crippen LogP contribution in [-0.2, 0) is 32.4 Å². The zero-order valence-corrected chi connectivity index (χ0v) is 18.9. The molecule has 0 spiro atoms. The maximum atomic E-state index is 12.6. The molecular formula is C21H23N3O5S2. The molecule has 1 atom stereocenters. The Kier molecular flexibility index (Phi) is 6.79. The molecule has 3 N–H and O–H groups in total. The molecule has 164 valence electrons. The van der Waals surface area contributed by atoms with E-state index in [2.05, 4.69) is 11.4 Å². The molecule has 0 radical (unpaired) electrons. The number of carbonyl (C=O) groups is 2. The molecule has 1 aliphatic carbocycles. The van der Waals surface area contributed by atoms with Crippen molar-refractivity contribution in [3.05, 3.63) is 45.3 Å². The molecule has 1 amide bonds. The number of sulfonamides is 1. The second kappa shape index (κ2) is 9.18. The van der Waals surface area contributed by atoms with E-state index >= 15 is 0 Å². The van der Waals surface area contributed by atoms with E-state index in [4.69, 9.17) is 9.88 Å². The van der Waals surface area contributed by atoms with Crippen LogP contribution in [0.1, 0.15) is 58.1 Å². The van der Waals surface area contributed by atoms with Crippen LogP contribution < -0.4 is 10.5 Å². The topological polar surface area (TPSA) is 139 Å². The molecule has 8 nitrogen and oxygen atoms in total. The van der Waals surface area contributed by atoms with Gasteiger partial charge < -0.3 is 10.1 Å². The van der Waals surface area contributed by atoms with Crippen LogP contribution in [0.3, 0.4) is 0 Å².